The third kappa shape index (κ3) is 3.10. The normalized spacial score (nSPS) is 11.6. The molecule has 7 heteroatoms. The molecular formula is C21H15ClN2O3S. The van der Waals surface area contributed by atoms with Gasteiger partial charge in [0, 0.05) is 27.9 Å². The molecule has 5 nitrogen and oxygen atoms in total. The molecule has 0 amide bonds. The highest BCUT2D eigenvalue weighted by atomic mass is 35.5. The molecule has 0 saturated heterocycles. The van der Waals surface area contributed by atoms with Crippen LogP contribution in [0.2, 0.25) is 5.02 Å². The molecule has 0 radical (unpaired) electrons. The van der Waals surface area contributed by atoms with E-state index < -0.39 is 10.0 Å². The van der Waals surface area contributed by atoms with E-state index >= 15 is 0 Å². The van der Waals surface area contributed by atoms with Gasteiger partial charge in [-0.25, -0.2) is 12.4 Å². The van der Waals surface area contributed by atoms with Crippen LogP contribution in [0.25, 0.3) is 10.9 Å². The average molecular weight is 411 g/mol. The molecule has 0 aliphatic carbocycles. The lowest BCUT2D eigenvalue weighted by Gasteiger charge is -2.12. The van der Waals surface area contributed by atoms with Gasteiger partial charge in [-0.05, 0) is 55.5 Å². The summed E-state index contributed by atoms with van der Waals surface area (Å²) in [4.78, 5) is 17.3. The molecule has 0 bridgehead atoms. The van der Waals surface area contributed by atoms with Gasteiger partial charge in [0.25, 0.3) is 10.0 Å². The van der Waals surface area contributed by atoms with Crippen molar-refractivity contribution >= 4 is 38.3 Å². The van der Waals surface area contributed by atoms with Gasteiger partial charge in [0.2, 0.25) is 5.78 Å². The Bertz CT molecular complexity index is 1310. The summed E-state index contributed by atoms with van der Waals surface area (Å²) in [7, 11) is -4.01. The monoisotopic (exact) mass is 410 g/mol. The summed E-state index contributed by atoms with van der Waals surface area (Å²) in [6.45, 7) is 1.77. The van der Waals surface area contributed by atoms with E-state index in [1.807, 2.05) is 0 Å². The lowest BCUT2D eigenvalue weighted by atomic mass is 10.1. The molecule has 2 aromatic heterocycles. The number of hydrogen-bond donors (Lipinski definition) is 0. The number of aromatic nitrogens is 2. The number of benzene rings is 2. The summed E-state index contributed by atoms with van der Waals surface area (Å²) in [5.41, 5.74) is 1.56. The van der Waals surface area contributed by atoms with Crippen LogP contribution < -0.4 is 0 Å². The number of aryl methyl sites for hydroxylation is 1. The second kappa shape index (κ2) is 6.89. The van der Waals surface area contributed by atoms with Crippen LogP contribution in [-0.2, 0) is 10.0 Å². The van der Waals surface area contributed by atoms with E-state index in [1.54, 1.807) is 49.4 Å². The number of hydrogen-bond acceptors (Lipinski definition) is 4. The summed E-state index contributed by atoms with van der Waals surface area (Å²) in [5.74, 6) is -0.390. The molecule has 0 atom stereocenters. The number of pyridine rings is 1. The Morgan fingerprint density at radius 2 is 1.71 bits per heavy atom. The quantitative estimate of drug-likeness (QED) is 0.465. The Labute approximate surface area is 167 Å². The van der Waals surface area contributed by atoms with Gasteiger partial charge in [0.15, 0.2) is 0 Å². The zero-order chi connectivity index (χ0) is 19.9. The third-order valence-electron chi connectivity index (χ3n) is 4.41. The van der Waals surface area contributed by atoms with Crippen LogP contribution >= 0.6 is 11.6 Å². The van der Waals surface area contributed by atoms with E-state index in [-0.39, 0.29) is 16.4 Å². The number of rotatable bonds is 4. The van der Waals surface area contributed by atoms with Gasteiger partial charge in [-0.2, -0.15) is 0 Å². The van der Waals surface area contributed by atoms with E-state index in [2.05, 4.69) is 4.98 Å². The first-order chi connectivity index (χ1) is 13.4. The van der Waals surface area contributed by atoms with Crippen molar-refractivity contribution in [1.82, 2.24) is 8.96 Å². The van der Waals surface area contributed by atoms with Crippen LogP contribution in [0.15, 0.2) is 77.8 Å². The van der Waals surface area contributed by atoms with Crippen LogP contribution in [0.4, 0.5) is 0 Å². The molecule has 140 valence electrons. The molecule has 2 aromatic carbocycles. The minimum atomic E-state index is -4.01. The summed E-state index contributed by atoms with van der Waals surface area (Å²) >= 11 is 5.90. The minimum absolute atomic E-state index is 0.0539. The van der Waals surface area contributed by atoms with Crippen LogP contribution in [0.5, 0.6) is 0 Å². The van der Waals surface area contributed by atoms with Gasteiger partial charge in [-0.15, -0.1) is 0 Å². The molecule has 0 saturated carbocycles. The predicted octanol–water partition coefficient (Wildman–Crippen LogP) is 4.47. The molecule has 28 heavy (non-hydrogen) atoms. The molecule has 0 aliphatic heterocycles. The van der Waals surface area contributed by atoms with E-state index in [1.165, 1.54) is 30.5 Å². The fraction of sp³-hybridized carbons (Fsp3) is 0.0476. The highest BCUT2D eigenvalue weighted by molar-refractivity contribution is 7.90. The number of nitrogens with zero attached hydrogens (tertiary/aromatic N) is 2. The summed E-state index contributed by atoms with van der Waals surface area (Å²) in [6, 6.07) is 17.7. The van der Waals surface area contributed by atoms with E-state index in [0.29, 0.717) is 27.2 Å². The largest absolute Gasteiger partial charge is 0.287 e. The lowest BCUT2D eigenvalue weighted by molar-refractivity contribution is 0.103. The average Bonchev–Trinajstić information content (AvgIpc) is 3.08. The zero-order valence-electron chi connectivity index (χ0n) is 14.8. The number of fused-ring (bicyclic) bond motifs is 1. The first-order valence-corrected chi connectivity index (χ1v) is 10.3. The maximum atomic E-state index is 13.4. The molecule has 0 spiro atoms. The van der Waals surface area contributed by atoms with Crippen LogP contribution in [-0.4, -0.2) is 23.2 Å². The van der Waals surface area contributed by atoms with Gasteiger partial charge in [0.05, 0.1) is 10.4 Å². The fourth-order valence-electron chi connectivity index (χ4n) is 3.09. The number of carbonyl (C=O) groups is 1. The number of para-hydroxylation sites is 1. The second-order valence-electron chi connectivity index (χ2n) is 6.33. The van der Waals surface area contributed by atoms with Crippen molar-refractivity contribution in [2.24, 2.45) is 0 Å². The van der Waals surface area contributed by atoms with Crippen molar-refractivity contribution in [3.63, 3.8) is 0 Å². The van der Waals surface area contributed by atoms with Gasteiger partial charge in [0.1, 0.15) is 5.69 Å². The fourth-order valence-corrected chi connectivity index (χ4v) is 4.73. The van der Waals surface area contributed by atoms with E-state index in [4.69, 9.17) is 11.6 Å². The maximum absolute atomic E-state index is 13.4. The van der Waals surface area contributed by atoms with Crippen molar-refractivity contribution < 1.29 is 13.2 Å². The SMILES string of the molecule is Cc1cc(C(=O)c2cc3ccccc3n2S(=O)(=O)c2ccc(Cl)cc2)ccn1. The summed E-state index contributed by atoms with van der Waals surface area (Å²) in [6.07, 6.45) is 1.53. The Morgan fingerprint density at radius 3 is 2.43 bits per heavy atom. The molecule has 0 N–H and O–H groups in total. The molecule has 2 heterocycles. The standard InChI is InChI=1S/C21H15ClN2O3S/c1-14-12-16(10-11-23-14)21(25)20-13-15-4-2-3-5-19(15)24(20)28(26,27)18-8-6-17(22)7-9-18/h2-13H,1H3. The van der Waals surface area contributed by atoms with Crippen molar-refractivity contribution in [1.29, 1.82) is 0 Å². The Morgan fingerprint density at radius 1 is 1.00 bits per heavy atom. The topological polar surface area (TPSA) is 69.0 Å². The van der Waals surface area contributed by atoms with Crippen molar-refractivity contribution in [2.75, 3.05) is 0 Å². The Kier molecular flexibility index (Phi) is 4.53. The smallest absolute Gasteiger partial charge is 0.268 e. The highest BCUT2D eigenvalue weighted by Gasteiger charge is 2.27. The molecule has 4 rings (SSSR count). The maximum Gasteiger partial charge on any atom is 0.268 e. The molecule has 0 aliphatic rings. The van der Waals surface area contributed by atoms with Crippen molar-refractivity contribution in [3.8, 4) is 0 Å². The third-order valence-corrected chi connectivity index (χ3v) is 6.40. The van der Waals surface area contributed by atoms with E-state index in [9.17, 15) is 13.2 Å². The second-order valence-corrected chi connectivity index (χ2v) is 8.55. The summed E-state index contributed by atoms with van der Waals surface area (Å²) in [5, 5.41) is 1.09. The van der Waals surface area contributed by atoms with Gasteiger partial charge < -0.3 is 0 Å². The van der Waals surface area contributed by atoms with Crippen molar-refractivity contribution in [3.05, 3.63) is 94.9 Å². The van der Waals surface area contributed by atoms with Crippen LogP contribution in [0.1, 0.15) is 21.7 Å². The van der Waals surface area contributed by atoms with Gasteiger partial charge >= 0.3 is 0 Å². The minimum Gasteiger partial charge on any atom is -0.287 e. The van der Waals surface area contributed by atoms with Crippen LogP contribution in [0.3, 0.4) is 0 Å². The zero-order valence-corrected chi connectivity index (χ0v) is 16.4. The lowest BCUT2D eigenvalue weighted by Crippen LogP contribution is -2.19. The Balaban J connectivity index is 1.98. The Hall–Kier alpha value is -2.96. The number of carbonyl (C=O) groups excluding carboxylic acids is 1. The van der Waals surface area contributed by atoms with Crippen LogP contribution in [0, 0.1) is 6.92 Å². The molecule has 0 fully saturated rings. The molecule has 0 unspecified atom stereocenters. The summed E-state index contributed by atoms with van der Waals surface area (Å²) < 4.78 is 27.9. The van der Waals surface area contributed by atoms with Gasteiger partial charge in [-0.3, -0.25) is 9.78 Å². The first-order valence-electron chi connectivity index (χ1n) is 8.47. The van der Waals surface area contributed by atoms with Gasteiger partial charge in [-0.1, -0.05) is 29.8 Å². The highest BCUT2D eigenvalue weighted by Crippen LogP contribution is 2.28. The van der Waals surface area contributed by atoms with Crippen molar-refractivity contribution in [2.45, 2.75) is 11.8 Å². The first kappa shape index (κ1) is 18.4. The predicted molar refractivity (Wildman–Crippen MR) is 108 cm³/mol. The number of ketones is 1. The number of halogens is 1. The van der Waals surface area contributed by atoms with E-state index in [0.717, 1.165) is 3.97 Å². The molecule has 4 aromatic rings. The molecular weight excluding hydrogens is 396 g/mol.